The van der Waals surface area contributed by atoms with Crippen LogP contribution in [0.15, 0.2) is 12.2 Å². The fourth-order valence-electron chi connectivity index (χ4n) is 5.88. The Morgan fingerprint density at radius 3 is 1.38 bits per heavy atom. The molecule has 312 valence electrons. The van der Waals surface area contributed by atoms with E-state index in [4.69, 9.17) is 24.8 Å². The average molecular weight is 776 g/mol. The van der Waals surface area contributed by atoms with E-state index >= 15 is 0 Å². The maximum Gasteiger partial charge on any atom is 0.472 e. The molecule has 0 heterocycles. The normalized spacial score (nSPS) is 13.9. The Bertz CT molecular complexity index is 963. The summed E-state index contributed by atoms with van der Waals surface area (Å²) in [7, 11) is -4.71. The Morgan fingerprint density at radius 1 is 0.566 bits per heavy atom. The van der Waals surface area contributed by atoms with Crippen molar-refractivity contribution in [2.24, 2.45) is 5.73 Å². The summed E-state index contributed by atoms with van der Waals surface area (Å²) in [6, 6.07) is -1.52. The number of carboxylic acid groups (broad SMARTS) is 1. The Labute approximate surface area is 322 Å². The molecule has 1 unspecified atom stereocenters. The van der Waals surface area contributed by atoms with E-state index in [0.29, 0.717) is 12.8 Å². The van der Waals surface area contributed by atoms with E-state index in [1.54, 1.807) is 0 Å². The predicted octanol–water partition coefficient (Wildman–Crippen LogP) is 10.9. The monoisotopic (exact) mass is 776 g/mol. The van der Waals surface area contributed by atoms with Crippen molar-refractivity contribution in [3.05, 3.63) is 12.2 Å². The van der Waals surface area contributed by atoms with Crippen LogP contribution in [0.2, 0.25) is 0 Å². The van der Waals surface area contributed by atoms with Gasteiger partial charge in [-0.15, -0.1) is 0 Å². The largest absolute Gasteiger partial charge is 0.480 e. The molecule has 0 aromatic rings. The highest BCUT2D eigenvalue weighted by Gasteiger charge is 2.28. The molecule has 0 fully saturated rings. The second kappa shape index (κ2) is 37.2. The van der Waals surface area contributed by atoms with Gasteiger partial charge in [-0.05, 0) is 38.5 Å². The number of hydrogen-bond donors (Lipinski definition) is 3. The lowest BCUT2D eigenvalue weighted by atomic mass is 10.0. The van der Waals surface area contributed by atoms with Crippen LogP contribution in [0.1, 0.15) is 200 Å². The topological polar surface area (TPSA) is 172 Å². The van der Waals surface area contributed by atoms with Gasteiger partial charge in [-0.2, -0.15) is 0 Å². The molecule has 3 atom stereocenters. The second-order valence-electron chi connectivity index (χ2n) is 14.5. The van der Waals surface area contributed by atoms with E-state index < -0.39 is 51.1 Å². The van der Waals surface area contributed by atoms with Crippen LogP contribution in [-0.2, 0) is 37.5 Å². The molecule has 53 heavy (non-hydrogen) atoms. The molecule has 0 aliphatic heterocycles. The minimum atomic E-state index is -4.71. The van der Waals surface area contributed by atoms with E-state index in [-0.39, 0.29) is 19.4 Å². The number of carbonyl (C=O) groups is 3. The summed E-state index contributed by atoms with van der Waals surface area (Å²) < 4.78 is 32.6. The van der Waals surface area contributed by atoms with Crippen molar-refractivity contribution in [1.29, 1.82) is 0 Å². The summed E-state index contributed by atoms with van der Waals surface area (Å²) in [4.78, 5) is 45.8. The van der Waals surface area contributed by atoms with Gasteiger partial charge in [-0.3, -0.25) is 23.4 Å². The van der Waals surface area contributed by atoms with Crippen LogP contribution in [0.4, 0.5) is 0 Å². The van der Waals surface area contributed by atoms with Crippen molar-refractivity contribution in [2.45, 2.75) is 212 Å². The zero-order chi connectivity index (χ0) is 39.3. The fraction of sp³-hybridized carbons (Fsp3) is 0.878. The smallest absolute Gasteiger partial charge is 0.472 e. The molecular formula is C41H78NO10P. The predicted molar refractivity (Wildman–Crippen MR) is 213 cm³/mol. The molecule has 0 bridgehead atoms. The maximum absolute atomic E-state index is 12.6. The van der Waals surface area contributed by atoms with Gasteiger partial charge in [0.2, 0.25) is 0 Å². The molecule has 0 aromatic heterocycles. The minimum absolute atomic E-state index is 0.165. The van der Waals surface area contributed by atoms with Gasteiger partial charge in [0.25, 0.3) is 0 Å². The summed E-state index contributed by atoms with van der Waals surface area (Å²) in [5.41, 5.74) is 5.32. The highest BCUT2D eigenvalue weighted by Crippen LogP contribution is 2.43. The average Bonchev–Trinajstić information content (AvgIpc) is 3.13. The summed E-state index contributed by atoms with van der Waals surface area (Å²) in [6.07, 6.45) is 35.6. The summed E-state index contributed by atoms with van der Waals surface area (Å²) in [5, 5.41) is 8.87. The second-order valence-corrected chi connectivity index (χ2v) is 15.9. The number of ether oxygens (including phenoxy) is 2. The van der Waals surface area contributed by atoms with Gasteiger partial charge in [-0.1, -0.05) is 161 Å². The van der Waals surface area contributed by atoms with E-state index in [0.717, 1.165) is 44.9 Å². The van der Waals surface area contributed by atoms with Crippen LogP contribution in [0.3, 0.4) is 0 Å². The van der Waals surface area contributed by atoms with Crippen LogP contribution in [0.25, 0.3) is 0 Å². The first kappa shape index (κ1) is 51.2. The van der Waals surface area contributed by atoms with E-state index in [1.165, 1.54) is 116 Å². The molecule has 0 spiro atoms. The molecule has 0 aliphatic rings. The quantitative estimate of drug-likeness (QED) is 0.0234. The van der Waals surface area contributed by atoms with Crippen molar-refractivity contribution in [1.82, 2.24) is 0 Å². The van der Waals surface area contributed by atoms with E-state index in [2.05, 4.69) is 30.5 Å². The maximum atomic E-state index is 12.6. The third-order valence-corrected chi connectivity index (χ3v) is 10.2. The highest BCUT2D eigenvalue weighted by atomic mass is 31.2. The number of aliphatic carboxylic acids is 1. The number of phosphoric acid groups is 1. The molecule has 4 N–H and O–H groups in total. The molecule has 0 saturated heterocycles. The number of phosphoric ester groups is 1. The van der Waals surface area contributed by atoms with Gasteiger partial charge in [0, 0.05) is 12.8 Å². The number of rotatable bonds is 40. The molecule has 0 aliphatic carbocycles. The lowest BCUT2D eigenvalue weighted by molar-refractivity contribution is -0.161. The standard InChI is InChI=1S/C41H78NO10P/c1-3-5-7-9-11-13-15-17-18-19-20-21-23-24-26-28-30-32-39(43)49-34-37(35-50-53(47,48)51-36-38(42)41(45)46)52-40(44)33-31-29-27-25-22-16-14-12-10-8-6-4-2/h17-18,37-38H,3-16,19-36,42H2,1-2H3,(H,45,46)(H,47,48)/b18-17+/t37-,38+/m0/s1. The molecule has 0 radical (unpaired) electrons. The van der Waals surface area contributed by atoms with E-state index in [9.17, 15) is 23.8 Å². The minimum Gasteiger partial charge on any atom is -0.480 e. The fourth-order valence-corrected chi connectivity index (χ4v) is 6.66. The molecule has 11 nitrogen and oxygen atoms in total. The van der Waals surface area contributed by atoms with Crippen molar-refractivity contribution < 1.29 is 47.5 Å². The molecular weight excluding hydrogens is 697 g/mol. The summed E-state index contributed by atoms with van der Waals surface area (Å²) >= 11 is 0. The zero-order valence-electron chi connectivity index (χ0n) is 33.6. The first-order chi connectivity index (χ1) is 25.6. The Balaban J connectivity index is 4.34. The van der Waals surface area contributed by atoms with Crippen LogP contribution in [-0.4, -0.2) is 59.9 Å². The van der Waals surface area contributed by atoms with Crippen LogP contribution in [0, 0.1) is 0 Å². The van der Waals surface area contributed by atoms with Gasteiger partial charge in [0.1, 0.15) is 12.6 Å². The third-order valence-electron chi connectivity index (χ3n) is 9.26. The van der Waals surface area contributed by atoms with Crippen LogP contribution in [0.5, 0.6) is 0 Å². The van der Waals surface area contributed by atoms with Crippen molar-refractivity contribution >= 4 is 25.7 Å². The number of carboxylic acids is 1. The Hall–Kier alpha value is -1.78. The molecule has 12 heteroatoms. The van der Waals surface area contributed by atoms with Crippen molar-refractivity contribution in [2.75, 3.05) is 19.8 Å². The summed E-state index contributed by atoms with van der Waals surface area (Å²) in [5.74, 6) is -2.37. The lowest BCUT2D eigenvalue weighted by Gasteiger charge is -2.20. The van der Waals surface area contributed by atoms with Crippen molar-refractivity contribution in [3.63, 3.8) is 0 Å². The van der Waals surface area contributed by atoms with E-state index in [1.807, 2.05) is 0 Å². The first-order valence-corrected chi connectivity index (χ1v) is 22.7. The van der Waals surface area contributed by atoms with Crippen LogP contribution < -0.4 is 5.73 Å². The molecule has 0 amide bonds. The Morgan fingerprint density at radius 2 is 0.943 bits per heavy atom. The highest BCUT2D eigenvalue weighted by molar-refractivity contribution is 7.47. The van der Waals surface area contributed by atoms with Crippen molar-refractivity contribution in [3.8, 4) is 0 Å². The number of hydrogen-bond acceptors (Lipinski definition) is 9. The molecule has 0 rings (SSSR count). The Kier molecular flexibility index (Phi) is 35.9. The number of allylic oxidation sites excluding steroid dienone is 2. The number of nitrogens with two attached hydrogens (primary N) is 1. The third kappa shape index (κ3) is 36.9. The zero-order valence-corrected chi connectivity index (χ0v) is 34.5. The number of esters is 2. The SMILES string of the molecule is CCCCCCCC/C=C/CCCCCCCCCC(=O)OC[C@@H](COP(=O)(O)OC[C@@H](N)C(=O)O)OC(=O)CCCCCCCCCCCCCC. The molecule has 0 saturated carbocycles. The summed E-state index contributed by atoms with van der Waals surface area (Å²) in [6.45, 7) is 2.80. The van der Waals surface area contributed by atoms with Gasteiger partial charge in [0.05, 0.1) is 13.2 Å². The first-order valence-electron chi connectivity index (χ1n) is 21.2. The molecule has 0 aromatic carbocycles. The van der Waals surface area contributed by atoms with Crippen LogP contribution >= 0.6 is 7.82 Å². The number of carbonyl (C=O) groups excluding carboxylic acids is 2. The van der Waals surface area contributed by atoms with Gasteiger partial charge < -0.3 is 25.2 Å². The number of unbranched alkanes of at least 4 members (excludes halogenated alkanes) is 24. The van der Waals surface area contributed by atoms with Gasteiger partial charge >= 0.3 is 25.7 Å². The lowest BCUT2D eigenvalue weighted by Crippen LogP contribution is -2.34. The van der Waals surface area contributed by atoms with Gasteiger partial charge in [-0.25, -0.2) is 4.57 Å². The van der Waals surface area contributed by atoms with Gasteiger partial charge in [0.15, 0.2) is 6.10 Å².